The number of unbranched alkanes of at least 4 members (excludes halogenated alkanes) is 4. The number of allylic oxidation sites excluding steroid dienone is 2. The molecule has 0 saturated heterocycles. The van der Waals surface area contributed by atoms with Crippen molar-refractivity contribution >= 4 is 11.6 Å². The van der Waals surface area contributed by atoms with Gasteiger partial charge in [-0.15, -0.1) is 0 Å². The van der Waals surface area contributed by atoms with Gasteiger partial charge in [-0.2, -0.15) is 0 Å². The Morgan fingerprint density at radius 1 is 1.24 bits per heavy atom. The van der Waals surface area contributed by atoms with Crippen molar-refractivity contribution in [2.24, 2.45) is 17.8 Å². The van der Waals surface area contributed by atoms with Crippen LogP contribution < -0.4 is 0 Å². The van der Waals surface area contributed by atoms with Crippen molar-refractivity contribution in [1.29, 1.82) is 0 Å². The van der Waals surface area contributed by atoms with Crippen molar-refractivity contribution < 1.29 is 14.7 Å². The van der Waals surface area contributed by atoms with E-state index in [-0.39, 0.29) is 30.1 Å². The first kappa shape index (κ1) is 18.1. The van der Waals surface area contributed by atoms with E-state index in [1.807, 2.05) is 19.9 Å². The van der Waals surface area contributed by atoms with E-state index >= 15 is 0 Å². The van der Waals surface area contributed by atoms with Gasteiger partial charge in [0.25, 0.3) is 0 Å². The van der Waals surface area contributed by atoms with Crippen LogP contribution in [-0.4, -0.2) is 23.3 Å². The highest BCUT2D eigenvalue weighted by Gasteiger charge is 2.32. The molecule has 1 aliphatic rings. The van der Waals surface area contributed by atoms with Crippen LogP contribution in [0.4, 0.5) is 0 Å². The highest BCUT2D eigenvalue weighted by Crippen LogP contribution is 2.33. The van der Waals surface area contributed by atoms with Gasteiger partial charge in [-0.1, -0.05) is 45.6 Å². The first-order valence-electron chi connectivity index (χ1n) is 8.42. The van der Waals surface area contributed by atoms with Gasteiger partial charge in [0.1, 0.15) is 5.78 Å². The summed E-state index contributed by atoms with van der Waals surface area (Å²) in [6.45, 7) is 4.07. The first-order chi connectivity index (χ1) is 10.1. The largest absolute Gasteiger partial charge is 0.396 e. The lowest BCUT2D eigenvalue weighted by Crippen LogP contribution is -2.14. The molecule has 1 fully saturated rings. The Morgan fingerprint density at radius 2 is 1.90 bits per heavy atom. The van der Waals surface area contributed by atoms with E-state index in [2.05, 4.69) is 0 Å². The average molecular weight is 294 g/mol. The summed E-state index contributed by atoms with van der Waals surface area (Å²) in [5.74, 6) is 0.939. The fourth-order valence-corrected chi connectivity index (χ4v) is 2.96. The maximum atomic E-state index is 12.0. The van der Waals surface area contributed by atoms with Gasteiger partial charge in [0.05, 0.1) is 0 Å². The fourth-order valence-electron chi connectivity index (χ4n) is 2.96. The van der Waals surface area contributed by atoms with Crippen molar-refractivity contribution in [2.75, 3.05) is 6.61 Å². The van der Waals surface area contributed by atoms with Crippen LogP contribution in [-0.2, 0) is 9.59 Å². The molecule has 1 rings (SSSR count). The molecule has 0 aromatic rings. The molecular formula is C18H30O3. The maximum absolute atomic E-state index is 12.0. The van der Waals surface area contributed by atoms with E-state index in [9.17, 15) is 9.59 Å². The molecular weight excluding hydrogens is 264 g/mol. The summed E-state index contributed by atoms with van der Waals surface area (Å²) in [5.41, 5.74) is 0. The van der Waals surface area contributed by atoms with Crippen molar-refractivity contribution in [3.63, 3.8) is 0 Å². The zero-order valence-corrected chi connectivity index (χ0v) is 13.5. The summed E-state index contributed by atoms with van der Waals surface area (Å²) in [4.78, 5) is 23.6. The van der Waals surface area contributed by atoms with Gasteiger partial charge in [0.15, 0.2) is 5.78 Å². The molecule has 1 N–H and O–H groups in total. The summed E-state index contributed by atoms with van der Waals surface area (Å²) < 4.78 is 0. The standard InChI is InChI=1S/C18H30O3/c1-14(2)17(20)11-9-15-10-12-18(21)16(15)8-6-4-3-5-7-13-19/h9,11,14-16,19H,3-8,10,12-13H2,1-2H3. The summed E-state index contributed by atoms with van der Waals surface area (Å²) in [6, 6.07) is 0. The van der Waals surface area contributed by atoms with E-state index in [1.165, 1.54) is 0 Å². The number of aliphatic hydroxyl groups is 1. The van der Waals surface area contributed by atoms with E-state index in [4.69, 9.17) is 5.11 Å². The topological polar surface area (TPSA) is 54.4 Å². The molecule has 0 heterocycles. The Bertz CT molecular complexity index is 357. The molecule has 2 unspecified atom stereocenters. The van der Waals surface area contributed by atoms with Crippen LogP contribution in [0.3, 0.4) is 0 Å². The van der Waals surface area contributed by atoms with Crippen molar-refractivity contribution in [3.8, 4) is 0 Å². The minimum Gasteiger partial charge on any atom is -0.396 e. The Morgan fingerprint density at radius 3 is 2.57 bits per heavy atom. The number of carbonyl (C=O) groups excluding carboxylic acids is 2. The molecule has 0 radical (unpaired) electrons. The number of carbonyl (C=O) groups is 2. The molecule has 3 nitrogen and oxygen atoms in total. The van der Waals surface area contributed by atoms with Crippen LogP contribution in [0.1, 0.15) is 65.2 Å². The quantitative estimate of drug-likeness (QED) is 0.494. The van der Waals surface area contributed by atoms with Gasteiger partial charge in [-0.3, -0.25) is 9.59 Å². The average Bonchev–Trinajstić information content (AvgIpc) is 2.80. The second kappa shape index (κ2) is 9.88. The lowest BCUT2D eigenvalue weighted by atomic mass is 9.89. The molecule has 0 spiro atoms. The Hall–Kier alpha value is -0.960. The molecule has 0 bridgehead atoms. The van der Waals surface area contributed by atoms with Crippen molar-refractivity contribution in [3.05, 3.63) is 12.2 Å². The predicted molar refractivity (Wildman–Crippen MR) is 85.0 cm³/mol. The summed E-state index contributed by atoms with van der Waals surface area (Å²) in [5, 5.41) is 8.73. The van der Waals surface area contributed by atoms with Gasteiger partial charge >= 0.3 is 0 Å². The van der Waals surface area contributed by atoms with Crippen LogP contribution >= 0.6 is 0 Å². The van der Waals surface area contributed by atoms with Gasteiger partial charge in [-0.05, 0) is 31.3 Å². The molecule has 3 heteroatoms. The zero-order valence-electron chi connectivity index (χ0n) is 13.5. The second-order valence-electron chi connectivity index (χ2n) is 6.47. The second-order valence-corrected chi connectivity index (χ2v) is 6.47. The molecule has 2 atom stereocenters. The third-order valence-electron chi connectivity index (χ3n) is 4.40. The van der Waals surface area contributed by atoms with Crippen molar-refractivity contribution in [2.45, 2.75) is 65.2 Å². The van der Waals surface area contributed by atoms with Crippen LogP contribution in [0.15, 0.2) is 12.2 Å². The molecule has 1 aliphatic carbocycles. The van der Waals surface area contributed by atoms with Crippen LogP contribution in [0.25, 0.3) is 0 Å². The smallest absolute Gasteiger partial charge is 0.157 e. The first-order valence-corrected chi connectivity index (χ1v) is 8.42. The normalized spacial score (nSPS) is 22.6. The van der Waals surface area contributed by atoms with Crippen LogP contribution in [0.2, 0.25) is 0 Å². The fraction of sp³-hybridized carbons (Fsp3) is 0.778. The van der Waals surface area contributed by atoms with E-state index in [0.717, 1.165) is 44.9 Å². The van der Waals surface area contributed by atoms with Gasteiger partial charge in [0.2, 0.25) is 0 Å². The lowest BCUT2D eigenvalue weighted by Gasteiger charge is -2.14. The molecule has 0 aromatic heterocycles. The van der Waals surface area contributed by atoms with Crippen LogP contribution in [0, 0.1) is 17.8 Å². The monoisotopic (exact) mass is 294 g/mol. The zero-order chi connectivity index (χ0) is 15.7. The molecule has 0 amide bonds. The number of hydrogen-bond acceptors (Lipinski definition) is 3. The summed E-state index contributed by atoms with van der Waals surface area (Å²) >= 11 is 0. The third kappa shape index (κ3) is 6.56. The molecule has 1 saturated carbocycles. The van der Waals surface area contributed by atoms with Gasteiger partial charge in [-0.25, -0.2) is 0 Å². The SMILES string of the molecule is CC(C)C(=O)C=CC1CCC(=O)C1CCCCCCCO. The summed E-state index contributed by atoms with van der Waals surface area (Å²) in [6.07, 6.45) is 11.5. The van der Waals surface area contributed by atoms with Gasteiger partial charge < -0.3 is 5.11 Å². The van der Waals surface area contributed by atoms with Crippen LogP contribution in [0.5, 0.6) is 0 Å². The molecule has 0 aromatic carbocycles. The Labute approximate surface area is 128 Å². The number of rotatable bonds is 10. The van der Waals surface area contributed by atoms with E-state index in [0.29, 0.717) is 12.2 Å². The molecule has 120 valence electrons. The predicted octanol–water partition coefficient (Wildman–Crippen LogP) is 3.70. The van der Waals surface area contributed by atoms with E-state index < -0.39 is 0 Å². The number of aliphatic hydroxyl groups excluding tert-OH is 1. The van der Waals surface area contributed by atoms with Gasteiger partial charge in [0, 0.05) is 24.9 Å². The van der Waals surface area contributed by atoms with Crippen molar-refractivity contribution in [1.82, 2.24) is 0 Å². The minimum atomic E-state index is 0.0309. The number of ketones is 2. The highest BCUT2D eigenvalue weighted by molar-refractivity contribution is 5.91. The number of hydrogen-bond donors (Lipinski definition) is 1. The van der Waals surface area contributed by atoms with E-state index in [1.54, 1.807) is 6.08 Å². The third-order valence-corrected chi connectivity index (χ3v) is 4.40. The Kier molecular flexibility index (Phi) is 8.51. The highest BCUT2D eigenvalue weighted by atomic mass is 16.2. The minimum absolute atomic E-state index is 0.0309. The Balaban J connectivity index is 2.35. The molecule has 0 aliphatic heterocycles. The molecule has 21 heavy (non-hydrogen) atoms. The summed E-state index contributed by atoms with van der Waals surface area (Å²) in [7, 11) is 0. The number of Topliss-reactive ketones (excluding diaryl/α,β-unsaturated/α-hetero) is 1. The lowest BCUT2D eigenvalue weighted by molar-refractivity contribution is -0.121. The maximum Gasteiger partial charge on any atom is 0.157 e.